The molecule has 0 radical (unpaired) electrons. The Morgan fingerprint density at radius 1 is 1.23 bits per heavy atom. The molecule has 0 aliphatic heterocycles. The van der Waals surface area contributed by atoms with Crippen LogP contribution in [0.25, 0.3) is 0 Å². The van der Waals surface area contributed by atoms with Gasteiger partial charge in [0, 0.05) is 6.04 Å². The third-order valence-corrected chi connectivity index (χ3v) is 3.72. The fourth-order valence-electron chi connectivity index (χ4n) is 2.59. The van der Waals surface area contributed by atoms with E-state index >= 15 is 0 Å². The van der Waals surface area contributed by atoms with E-state index in [4.69, 9.17) is 4.84 Å². The molecule has 4 nitrogen and oxygen atoms in total. The maximum absolute atomic E-state index is 12.7. The van der Waals surface area contributed by atoms with Gasteiger partial charge < -0.3 is 5.32 Å². The maximum atomic E-state index is 12.7. The first kappa shape index (κ1) is 16.6. The molecule has 122 valence electrons. The molecule has 2 N–H and O–H groups in total. The number of nitrogens with one attached hydrogen (secondary N) is 2. The minimum absolute atomic E-state index is 0.0738. The molecule has 1 aromatic carbocycles. The Bertz CT molecular complexity index is 479. The number of carbonyl (C=O) groups excluding carboxylic acids is 1. The third kappa shape index (κ3) is 5.22. The molecule has 1 saturated carbocycles. The van der Waals surface area contributed by atoms with E-state index in [1.165, 1.54) is 0 Å². The van der Waals surface area contributed by atoms with Crippen molar-refractivity contribution >= 4 is 6.03 Å². The highest BCUT2D eigenvalue weighted by Gasteiger charge is 2.42. The molecule has 0 saturated heterocycles. The van der Waals surface area contributed by atoms with Gasteiger partial charge in [-0.3, -0.25) is 4.84 Å². The fourth-order valence-corrected chi connectivity index (χ4v) is 2.59. The molecule has 1 fully saturated rings. The number of carbonyl (C=O) groups is 1. The normalized spacial score (nSPS) is 22.1. The zero-order valence-electron chi connectivity index (χ0n) is 12.0. The topological polar surface area (TPSA) is 50.4 Å². The van der Waals surface area contributed by atoms with Crippen LogP contribution < -0.4 is 10.8 Å². The van der Waals surface area contributed by atoms with Gasteiger partial charge in [-0.1, -0.05) is 36.8 Å². The van der Waals surface area contributed by atoms with Gasteiger partial charge in [-0.2, -0.15) is 13.2 Å². The minimum Gasteiger partial charge on any atom is -0.334 e. The molecule has 7 heteroatoms. The minimum atomic E-state index is -4.19. The van der Waals surface area contributed by atoms with Crippen molar-refractivity contribution in [2.75, 3.05) is 0 Å². The number of amides is 2. The standard InChI is InChI=1S/C15H19F3N2O2/c16-15(17,18)12-7-4-8-13(9-12)19-14(21)20-22-10-11-5-2-1-3-6-11/h1-3,5-6,12-13H,4,7-10H2,(H2,19,20,21)/t12-,13+/m1/s1. The summed E-state index contributed by atoms with van der Waals surface area (Å²) in [5, 5.41) is 2.53. The summed E-state index contributed by atoms with van der Waals surface area (Å²) >= 11 is 0. The zero-order valence-corrected chi connectivity index (χ0v) is 12.0. The van der Waals surface area contributed by atoms with E-state index in [9.17, 15) is 18.0 Å². The summed E-state index contributed by atoms with van der Waals surface area (Å²) in [6.07, 6.45) is -3.12. The average molecular weight is 316 g/mol. The second-order valence-corrected chi connectivity index (χ2v) is 5.45. The van der Waals surface area contributed by atoms with E-state index in [0.717, 1.165) is 5.56 Å². The van der Waals surface area contributed by atoms with Crippen molar-refractivity contribution in [3.8, 4) is 0 Å². The van der Waals surface area contributed by atoms with Crippen molar-refractivity contribution in [2.24, 2.45) is 5.92 Å². The van der Waals surface area contributed by atoms with Crippen LogP contribution in [0.3, 0.4) is 0 Å². The molecule has 0 unspecified atom stereocenters. The second kappa shape index (κ2) is 7.49. The van der Waals surface area contributed by atoms with Crippen LogP contribution in [0.1, 0.15) is 31.2 Å². The van der Waals surface area contributed by atoms with E-state index in [1.54, 1.807) is 0 Å². The number of hydrogen-bond donors (Lipinski definition) is 2. The first-order valence-corrected chi connectivity index (χ1v) is 7.24. The van der Waals surface area contributed by atoms with Crippen LogP contribution in [0.5, 0.6) is 0 Å². The van der Waals surface area contributed by atoms with E-state index in [0.29, 0.717) is 12.8 Å². The summed E-state index contributed by atoms with van der Waals surface area (Å²) in [5.74, 6) is -1.34. The van der Waals surface area contributed by atoms with Crippen LogP contribution in [0.2, 0.25) is 0 Å². The molecule has 1 aromatic rings. The Labute approximate surface area is 127 Å². The molecule has 2 rings (SSSR count). The number of hydrogen-bond acceptors (Lipinski definition) is 2. The highest BCUT2D eigenvalue weighted by Crippen LogP contribution is 2.37. The average Bonchev–Trinajstić information content (AvgIpc) is 2.48. The first-order chi connectivity index (χ1) is 10.4. The van der Waals surface area contributed by atoms with Crippen LogP contribution in [0, 0.1) is 5.92 Å². The van der Waals surface area contributed by atoms with Crippen molar-refractivity contribution in [2.45, 2.75) is 44.5 Å². The van der Waals surface area contributed by atoms with Gasteiger partial charge in [-0.25, -0.2) is 10.3 Å². The number of rotatable bonds is 4. The van der Waals surface area contributed by atoms with Crippen molar-refractivity contribution in [3.63, 3.8) is 0 Å². The van der Waals surface area contributed by atoms with Crippen LogP contribution in [0.15, 0.2) is 30.3 Å². The number of alkyl halides is 3. The molecule has 2 atom stereocenters. The summed E-state index contributed by atoms with van der Waals surface area (Å²) < 4.78 is 38.1. The highest BCUT2D eigenvalue weighted by molar-refractivity contribution is 5.73. The Balaban J connectivity index is 1.70. The first-order valence-electron chi connectivity index (χ1n) is 7.24. The van der Waals surface area contributed by atoms with Crippen molar-refractivity contribution < 1.29 is 22.8 Å². The summed E-state index contributed by atoms with van der Waals surface area (Å²) in [4.78, 5) is 16.7. The van der Waals surface area contributed by atoms with Crippen LogP contribution >= 0.6 is 0 Å². The Morgan fingerprint density at radius 3 is 2.64 bits per heavy atom. The summed E-state index contributed by atoms with van der Waals surface area (Å²) in [6.45, 7) is 0.199. The second-order valence-electron chi connectivity index (χ2n) is 5.45. The summed E-state index contributed by atoms with van der Waals surface area (Å²) in [7, 11) is 0. The quantitative estimate of drug-likeness (QED) is 0.835. The van der Waals surface area contributed by atoms with Crippen LogP contribution in [-0.4, -0.2) is 18.2 Å². The van der Waals surface area contributed by atoms with Crippen molar-refractivity contribution in [3.05, 3.63) is 35.9 Å². The summed E-state index contributed by atoms with van der Waals surface area (Å²) in [5.41, 5.74) is 3.09. The van der Waals surface area contributed by atoms with Crippen molar-refractivity contribution in [1.82, 2.24) is 10.8 Å². The third-order valence-electron chi connectivity index (χ3n) is 3.72. The highest BCUT2D eigenvalue weighted by atomic mass is 19.4. The molecule has 0 spiro atoms. The summed E-state index contributed by atoms with van der Waals surface area (Å²) in [6, 6.07) is 8.16. The number of benzene rings is 1. The smallest absolute Gasteiger partial charge is 0.334 e. The van der Waals surface area contributed by atoms with Crippen LogP contribution in [0.4, 0.5) is 18.0 Å². The van der Waals surface area contributed by atoms with Gasteiger partial charge in [0.2, 0.25) is 0 Å². The lowest BCUT2D eigenvalue weighted by molar-refractivity contribution is -0.183. The van der Waals surface area contributed by atoms with E-state index < -0.39 is 24.2 Å². The predicted octanol–water partition coefficient (Wildman–Crippen LogP) is 3.54. The van der Waals surface area contributed by atoms with Gasteiger partial charge in [-0.05, 0) is 24.8 Å². The van der Waals surface area contributed by atoms with E-state index in [-0.39, 0.29) is 19.4 Å². The largest absolute Gasteiger partial charge is 0.391 e. The lowest BCUT2D eigenvalue weighted by atomic mass is 9.85. The molecule has 0 bridgehead atoms. The van der Waals surface area contributed by atoms with Crippen molar-refractivity contribution in [1.29, 1.82) is 0 Å². The van der Waals surface area contributed by atoms with Gasteiger partial charge in [-0.15, -0.1) is 0 Å². The molecule has 1 aliphatic rings. The molecule has 0 aromatic heterocycles. The Kier molecular flexibility index (Phi) is 5.65. The van der Waals surface area contributed by atoms with E-state index in [2.05, 4.69) is 10.8 Å². The molecule has 22 heavy (non-hydrogen) atoms. The Morgan fingerprint density at radius 2 is 1.95 bits per heavy atom. The van der Waals surface area contributed by atoms with Gasteiger partial charge in [0.1, 0.15) is 0 Å². The van der Waals surface area contributed by atoms with Gasteiger partial charge >= 0.3 is 12.2 Å². The molecule has 1 aliphatic carbocycles. The number of hydroxylamine groups is 1. The Hall–Kier alpha value is -1.76. The lowest BCUT2D eigenvalue weighted by Crippen LogP contribution is -2.45. The van der Waals surface area contributed by atoms with Crippen LogP contribution in [-0.2, 0) is 11.4 Å². The van der Waals surface area contributed by atoms with Gasteiger partial charge in [0.15, 0.2) is 0 Å². The number of urea groups is 1. The maximum Gasteiger partial charge on any atom is 0.391 e. The monoisotopic (exact) mass is 316 g/mol. The fraction of sp³-hybridized carbons (Fsp3) is 0.533. The molecular formula is C15H19F3N2O2. The lowest BCUT2D eigenvalue weighted by Gasteiger charge is -2.30. The van der Waals surface area contributed by atoms with Gasteiger partial charge in [0.05, 0.1) is 12.5 Å². The van der Waals surface area contributed by atoms with Gasteiger partial charge in [0.25, 0.3) is 0 Å². The predicted molar refractivity (Wildman–Crippen MR) is 74.7 cm³/mol. The zero-order chi connectivity index (χ0) is 16.0. The molecular weight excluding hydrogens is 297 g/mol. The molecule has 0 heterocycles. The van der Waals surface area contributed by atoms with E-state index in [1.807, 2.05) is 30.3 Å². The SMILES string of the molecule is O=C(NOCc1ccccc1)N[C@H]1CCC[C@@H](C(F)(F)F)C1. The molecule has 2 amide bonds. The number of halogens is 3.